The molecule has 0 spiro atoms. The second-order valence-corrected chi connectivity index (χ2v) is 4.65. The van der Waals surface area contributed by atoms with Crippen LogP contribution in [0.5, 0.6) is 0 Å². The van der Waals surface area contributed by atoms with Crippen LogP contribution in [0, 0.1) is 0 Å². The number of benzene rings is 1. The molecule has 2 rings (SSSR count). The lowest BCUT2D eigenvalue weighted by Crippen LogP contribution is -2.42. The van der Waals surface area contributed by atoms with Crippen molar-refractivity contribution in [3.63, 3.8) is 0 Å². The van der Waals surface area contributed by atoms with E-state index in [0.29, 0.717) is 6.04 Å². The molecule has 1 heterocycles. The lowest BCUT2D eigenvalue weighted by atomic mass is 10.0. The summed E-state index contributed by atoms with van der Waals surface area (Å²) in [5.74, 6) is 0. The summed E-state index contributed by atoms with van der Waals surface area (Å²) < 4.78 is 5.40. The van der Waals surface area contributed by atoms with Gasteiger partial charge in [-0.1, -0.05) is 29.8 Å². The number of ether oxygens (including phenoxy) is 1. The SMILES string of the molecule is CNCC(c1ccccc1Cl)N1CCOCC1. The molecule has 1 aliphatic heterocycles. The Labute approximate surface area is 108 Å². The van der Waals surface area contributed by atoms with Gasteiger partial charge in [0.1, 0.15) is 0 Å². The maximum absolute atomic E-state index is 6.29. The summed E-state index contributed by atoms with van der Waals surface area (Å²) in [6, 6.07) is 8.42. The largest absolute Gasteiger partial charge is 0.379 e. The molecule has 0 saturated carbocycles. The average molecular weight is 255 g/mol. The molecule has 0 aromatic heterocycles. The first kappa shape index (κ1) is 12.8. The Balaban J connectivity index is 2.18. The molecular weight excluding hydrogens is 236 g/mol. The van der Waals surface area contributed by atoms with Crippen molar-refractivity contribution in [3.8, 4) is 0 Å². The van der Waals surface area contributed by atoms with Gasteiger partial charge in [0.15, 0.2) is 0 Å². The van der Waals surface area contributed by atoms with Crippen LogP contribution in [0.1, 0.15) is 11.6 Å². The molecule has 3 nitrogen and oxygen atoms in total. The van der Waals surface area contributed by atoms with Crippen LogP contribution in [-0.2, 0) is 4.74 Å². The number of nitrogens with zero attached hydrogens (tertiary/aromatic N) is 1. The molecule has 1 aromatic carbocycles. The summed E-state index contributed by atoms with van der Waals surface area (Å²) in [5.41, 5.74) is 1.20. The fourth-order valence-electron chi connectivity index (χ4n) is 2.26. The van der Waals surface area contributed by atoms with E-state index in [1.165, 1.54) is 5.56 Å². The van der Waals surface area contributed by atoms with Crippen molar-refractivity contribution in [1.29, 1.82) is 0 Å². The zero-order chi connectivity index (χ0) is 12.1. The van der Waals surface area contributed by atoms with Crippen molar-refractivity contribution in [2.24, 2.45) is 0 Å². The van der Waals surface area contributed by atoms with Crippen LogP contribution in [0.15, 0.2) is 24.3 Å². The van der Waals surface area contributed by atoms with Crippen molar-refractivity contribution >= 4 is 11.6 Å². The van der Waals surface area contributed by atoms with E-state index in [-0.39, 0.29) is 0 Å². The third kappa shape index (κ3) is 3.19. The molecule has 0 aliphatic carbocycles. The molecule has 1 aliphatic rings. The summed E-state index contributed by atoms with van der Waals surface area (Å²) in [5, 5.41) is 4.10. The first-order chi connectivity index (χ1) is 8.33. The normalized spacial score (nSPS) is 19.2. The molecule has 94 valence electrons. The zero-order valence-corrected chi connectivity index (χ0v) is 10.9. The number of nitrogens with one attached hydrogen (secondary N) is 1. The Morgan fingerprint density at radius 2 is 2.06 bits per heavy atom. The van der Waals surface area contributed by atoms with Gasteiger partial charge in [-0.2, -0.15) is 0 Å². The van der Waals surface area contributed by atoms with Gasteiger partial charge in [-0.3, -0.25) is 4.90 Å². The Morgan fingerprint density at radius 3 is 2.71 bits per heavy atom. The second kappa shape index (κ2) is 6.36. The predicted molar refractivity (Wildman–Crippen MR) is 70.5 cm³/mol. The van der Waals surface area contributed by atoms with E-state index in [0.717, 1.165) is 37.9 Å². The summed E-state index contributed by atoms with van der Waals surface area (Å²) in [4.78, 5) is 2.43. The van der Waals surface area contributed by atoms with Gasteiger partial charge in [0.2, 0.25) is 0 Å². The molecule has 1 atom stereocenters. The summed E-state index contributed by atoms with van der Waals surface area (Å²) in [6.45, 7) is 4.47. The number of hydrogen-bond donors (Lipinski definition) is 1. The first-order valence-electron chi connectivity index (χ1n) is 6.03. The topological polar surface area (TPSA) is 24.5 Å². The van der Waals surface area contributed by atoms with Crippen LogP contribution in [-0.4, -0.2) is 44.8 Å². The maximum Gasteiger partial charge on any atom is 0.0594 e. The lowest BCUT2D eigenvalue weighted by molar-refractivity contribution is 0.0165. The van der Waals surface area contributed by atoms with Crippen LogP contribution >= 0.6 is 11.6 Å². The molecular formula is C13H19ClN2O. The fraction of sp³-hybridized carbons (Fsp3) is 0.538. The third-order valence-electron chi connectivity index (χ3n) is 3.15. The smallest absolute Gasteiger partial charge is 0.0594 e. The zero-order valence-electron chi connectivity index (χ0n) is 10.2. The highest BCUT2D eigenvalue weighted by molar-refractivity contribution is 6.31. The summed E-state index contributed by atoms with van der Waals surface area (Å²) in [7, 11) is 1.98. The van der Waals surface area contributed by atoms with Crippen LogP contribution in [0.3, 0.4) is 0 Å². The van der Waals surface area contributed by atoms with Crippen molar-refractivity contribution < 1.29 is 4.74 Å². The highest BCUT2D eigenvalue weighted by Crippen LogP contribution is 2.27. The second-order valence-electron chi connectivity index (χ2n) is 4.24. The van der Waals surface area contributed by atoms with E-state index >= 15 is 0 Å². The van der Waals surface area contributed by atoms with Gasteiger partial charge in [-0.25, -0.2) is 0 Å². The Morgan fingerprint density at radius 1 is 1.35 bits per heavy atom. The van der Waals surface area contributed by atoms with Gasteiger partial charge < -0.3 is 10.1 Å². The molecule has 1 aromatic rings. The number of hydrogen-bond acceptors (Lipinski definition) is 3. The third-order valence-corrected chi connectivity index (χ3v) is 3.49. The molecule has 4 heteroatoms. The van der Waals surface area contributed by atoms with Crippen molar-refractivity contribution in [1.82, 2.24) is 10.2 Å². The number of rotatable bonds is 4. The summed E-state index contributed by atoms with van der Waals surface area (Å²) in [6.07, 6.45) is 0. The number of morpholine rings is 1. The van der Waals surface area contributed by atoms with Gasteiger partial charge in [-0.05, 0) is 18.7 Å². The van der Waals surface area contributed by atoms with Crippen LogP contribution < -0.4 is 5.32 Å². The van der Waals surface area contributed by atoms with E-state index in [1.807, 2.05) is 25.2 Å². The number of likely N-dealkylation sites (N-methyl/N-ethyl adjacent to an activating group) is 1. The van der Waals surface area contributed by atoms with Crippen molar-refractivity contribution in [3.05, 3.63) is 34.9 Å². The molecule has 1 saturated heterocycles. The predicted octanol–water partition coefficient (Wildman–Crippen LogP) is 1.93. The highest BCUT2D eigenvalue weighted by Gasteiger charge is 2.23. The van der Waals surface area contributed by atoms with Gasteiger partial charge in [0, 0.05) is 30.7 Å². The van der Waals surface area contributed by atoms with Gasteiger partial charge in [-0.15, -0.1) is 0 Å². The molecule has 17 heavy (non-hydrogen) atoms. The van der Waals surface area contributed by atoms with Crippen molar-refractivity contribution in [2.45, 2.75) is 6.04 Å². The van der Waals surface area contributed by atoms with E-state index in [2.05, 4.69) is 16.3 Å². The number of halogens is 1. The van der Waals surface area contributed by atoms with Crippen LogP contribution in [0.25, 0.3) is 0 Å². The van der Waals surface area contributed by atoms with Crippen LogP contribution in [0.4, 0.5) is 0 Å². The van der Waals surface area contributed by atoms with Crippen LogP contribution in [0.2, 0.25) is 5.02 Å². The van der Waals surface area contributed by atoms with E-state index in [4.69, 9.17) is 16.3 Å². The van der Waals surface area contributed by atoms with E-state index in [9.17, 15) is 0 Å². The highest BCUT2D eigenvalue weighted by atomic mass is 35.5. The Hall–Kier alpha value is -0.610. The molecule has 1 N–H and O–H groups in total. The van der Waals surface area contributed by atoms with Gasteiger partial charge in [0.25, 0.3) is 0 Å². The minimum atomic E-state index is 0.331. The monoisotopic (exact) mass is 254 g/mol. The first-order valence-corrected chi connectivity index (χ1v) is 6.41. The Kier molecular flexibility index (Phi) is 4.80. The van der Waals surface area contributed by atoms with E-state index < -0.39 is 0 Å². The average Bonchev–Trinajstić information content (AvgIpc) is 2.38. The Bertz CT molecular complexity index is 353. The molecule has 0 bridgehead atoms. The molecule has 0 radical (unpaired) electrons. The molecule has 0 amide bonds. The fourth-order valence-corrected chi connectivity index (χ4v) is 2.53. The standard InChI is InChI=1S/C13H19ClN2O/c1-15-10-13(16-6-8-17-9-7-16)11-4-2-3-5-12(11)14/h2-5,13,15H,6-10H2,1H3. The lowest BCUT2D eigenvalue weighted by Gasteiger charge is -2.35. The summed E-state index contributed by atoms with van der Waals surface area (Å²) >= 11 is 6.29. The maximum atomic E-state index is 6.29. The quantitative estimate of drug-likeness (QED) is 0.889. The van der Waals surface area contributed by atoms with Crippen molar-refractivity contribution in [2.75, 3.05) is 39.9 Å². The molecule has 1 fully saturated rings. The van der Waals surface area contributed by atoms with Gasteiger partial charge >= 0.3 is 0 Å². The van der Waals surface area contributed by atoms with Gasteiger partial charge in [0.05, 0.1) is 13.2 Å². The van der Waals surface area contributed by atoms with E-state index in [1.54, 1.807) is 0 Å². The molecule has 1 unspecified atom stereocenters. The minimum Gasteiger partial charge on any atom is -0.379 e. The minimum absolute atomic E-state index is 0.331.